The lowest BCUT2D eigenvalue weighted by molar-refractivity contribution is 0.184. The number of aliphatic hydroxyl groups excluding tert-OH is 1. The first-order valence-electron chi connectivity index (χ1n) is 7.97. The van der Waals surface area contributed by atoms with E-state index in [1.54, 1.807) is 22.7 Å². The fourth-order valence-electron chi connectivity index (χ4n) is 2.36. The molecule has 0 saturated heterocycles. The van der Waals surface area contributed by atoms with Gasteiger partial charge in [0.25, 0.3) is 0 Å². The highest BCUT2D eigenvalue weighted by Crippen LogP contribution is 2.29. The Kier molecular flexibility index (Phi) is 5.85. The molecule has 1 aromatic carbocycles. The number of rotatable bonds is 6. The third kappa shape index (κ3) is 4.35. The van der Waals surface area contributed by atoms with Gasteiger partial charge in [-0.05, 0) is 35.9 Å². The first-order chi connectivity index (χ1) is 11.8. The van der Waals surface area contributed by atoms with Crippen LogP contribution in [0.1, 0.15) is 22.8 Å². The third-order valence-electron chi connectivity index (χ3n) is 3.55. The van der Waals surface area contributed by atoms with Crippen LogP contribution >= 0.6 is 22.7 Å². The molecule has 3 rings (SSSR count). The molecular formula is C18H21N3OS2. The smallest absolute Gasteiger partial charge is 0.191 e. The molecule has 0 fully saturated rings. The van der Waals surface area contributed by atoms with Gasteiger partial charge in [0, 0.05) is 27.5 Å². The lowest BCUT2D eigenvalue weighted by atomic mass is 10.2. The summed E-state index contributed by atoms with van der Waals surface area (Å²) in [4.78, 5) is 6.75. The van der Waals surface area contributed by atoms with E-state index in [9.17, 15) is 5.11 Å². The SMILES string of the molecule is CCNC(=NCc1cccs1)NCC(O)c1cc2ccccc2s1. The highest BCUT2D eigenvalue weighted by atomic mass is 32.1. The molecule has 0 aliphatic heterocycles. The van der Waals surface area contributed by atoms with Crippen LogP contribution in [-0.2, 0) is 6.54 Å². The molecular weight excluding hydrogens is 338 g/mol. The quantitative estimate of drug-likeness (QED) is 0.464. The molecule has 1 atom stereocenters. The minimum Gasteiger partial charge on any atom is -0.386 e. The second kappa shape index (κ2) is 8.28. The normalized spacial score (nSPS) is 13.2. The number of fused-ring (bicyclic) bond motifs is 1. The van der Waals surface area contributed by atoms with E-state index in [2.05, 4.69) is 45.3 Å². The van der Waals surface area contributed by atoms with Crippen molar-refractivity contribution in [3.63, 3.8) is 0 Å². The summed E-state index contributed by atoms with van der Waals surface area (Å²) in [5.41, 5.74) is 0. The average molecular weight is 360 g/mol. The van der Waals surface area contributed by atoms with Gasteiger partial charge in [-0.2, -0.15) is 0 Å². The average Bonchev–Trinajstić information content (AvgIpc) is 3.26. The lowest BCUT2D eigenvalue weighted by Gasteiger charge is -2.14. The maximum Gasteiger partial charge on any atom is 0.191 e. The van der Waals surface area contributed by atoms with Crippen LogP contribution in [0.15, 0.2) is 52.8 Å². The third-order valence-corrected chi connectivity index (χ3v) is 5.63. The topological polar surface area (TPSA) is 56.7 Å². The highest BCUT2D eigenvalue weighted by molar-refractivity contribution is 7.19. The molecule has 0 amide bonds. The van der Waals surface area contributed by atoms with E-state index in [-0.39, 0.29) is 0 Å². The minimum absolute atomic E-state index is 0.434. The summed E-state index contributed by atoms with van der Waals surface area (Å²) in [5, 5.41) is 20.1. The van der Waals surface area contributed by atoms with Crippen LogP contribution in [0.4, 0.5) is 0 Å². The van der Waals surface area contributed by atoms with Crippen molar-refractivity contribution >= 4 is 38.7 Å². The maximum atomic E-state index is 10.5. The van der Waals surface area contributed by atoms with Gasteiger partial charge in [-0.25, -0.2) is 4.99 Å². The molecule has 126 valence electrons. The monoisotopic (exact) mass is 359 g/mol. The summed E-state index contributed by atoms with van der Waals surface area (Å²) in [6, 6.07) is 14.4. The van der Waals surface area contributed by atoms with Crippen LogP contribution in [0.25, 0.3) is 10.1 Å². The van der Waals surface area contributed by atoms with Crippen molar-refractivity contribution in [3.8, 4) is 0 Å². The van der Waals surface area contributed by atoms with Crippen molar-refractivity contribution in [2.45, 2.75) is 19.6 Å². The summed E-state index contributed by atoms with van der Waals surface area (Å²) in [6.07, 6.45) is -0.548. The molecule has 24 heavy (non-hydrogen) atoms. The number of hydrogen-bond acceptors (Lipinski definition) is 4. The highest BCUT2D eigenvalue weighted by Gasteiger charge is 2.12. The molecule has 1 unspecified atom stereocenters. The lowest BCUT2D eigenvalue weighted by Crippen LogP contribution is -2.39. The second-order valence-electron chi connectivity index (χ2n) is 5.36. The number of nitrogens with zero attached hydrogens (tertiary/aromatic N) is 1. The Hall–Kier alpha value is -1.89. The van der Waals surface area contributed by atoms with Crippen molar-refractivity contribution < 1.29 is 5.11 Å². The zero-order valence-corrected chi connectivity index (χ0v) is 15.2. The van der Waals surface area contributed by atoms with Gasteiger partial charge in [0.15, 0.2) is 5.96 Å². The number of guanidine groups is 1. The summed E-state index contributed by atoms with van der Waals surface area (Å²) in [6.45, 7) is 3.90. The molecule has 2 heterocycles. The van der Waals surface area contributed by atoms with Gasteiger partial charge in [0.1, 0.15) is 6.10 Å². The van der Waals surface area contributed by atoms with Crippen molar-refractivity contribution in [1.29, 1.82) is 0 Å². The van der Waals surface area contributed by atoms with Crippen LogP contribution in [0.3, 0.4) is 0 Å². The van der Waals surface area contributed by atoms with Crippen molar-refractivity contribution in [3.05, 3.63) is 57.6 Å². The first kappa shape index (κ1) is 17.0. The molecule has 3 N–H and O–H groups in total. The predicted octanol–water partition coefficient (Wildman–Crippen LogP) is 3.75. The number of nitrogens with one attached hydrogen (secondary N) is 2. The van der Waals surface area contributed by atoms with Gasteiger partial charge in [0.2, 0.25) is 0 Å². The number of benzene rings is 1. The van der Waals surface area contributed by atoms with Crippen molar-refractivity contribution in [2.24, 2.45) is 4.99 Å². The summed E-state index contributed by atoms with van der Waals surface area (Å²) < 4.78 is 1.20. The van der Waals surface area contributed by atoms with E-state index in [1.165, 1.54) is 15.0 Å². The van der Waals surface area contributed by atoms with Crippen LogP contribution in [-0.4, -0.2) is 24.2 Å². The molecule has 0 spiro atoms. The van der Waals surface area contributed by atoms with E-state index < -0.39 is 6.10 Å². The molecule has 3 aromatic rings. The molecule has 0 aliphatic carbocycles. The molecule has 2 aromatic heterocycles. The fourth-order valence-corrected chi connectivity index (χ4v) is 4.04. The Morgan fingerprint density at radius 2 is 2.08 bits per heavy atom. The molecule has 0 saturated carbocycles. The zero-order chi connectivity index (χ0) is 16.8. The second-order valence-corrected chi connectivity index (χ2v) is 7.51. The Labute approximate surface area is 149 Å². The van der Waals surface area contributed by atoms with Crippen LogP contribution < -0.4 is 10.6 Å². The fraction of sp³-hybridized carbons (Fsp3) is 0.278. The van der Waals surface area contributed by atoms with Gasteiger partial charge >= 0.3 is 0 Å². The molecule has 6 heteroatoms. The van der Waals surface area contributed by atoms with E-state index in [4.69, 9.17) is 0 Å². The van der Waals surface area contributed by atoms with Gasteiger partial charge in [-0.15, -0.1) is 22.7 Å². The number of aliphatic hydroxyl groups is 1. The van der Waals surface area contributed by atoms with E-state index in [0.717, 1.165) is 17.4 Å². The van der Waals surface area contributed by atoms with Crippen molar-refractivity contribution in [1.82, 2.24) is 10.6 Å². The van der Waals surface area contributed by atoms with Crippen LogP contribution in [0.5, 0.6) is 0 Å². The Morgan fingerprint density at radius 1 is 1.21 bits per heavy atom. The maximum absolute atomic E-state index is 10.5. The molecule has 4 nitrogen and oxygen atoms in total. The summed E-state index contributed by atoms with van der Waals surface area (Å²) in [5.74, 6) is 0.728. The molecule has 0 bridgehead atoms. The largest absolute Gasteiger partial charge is 0.386 e. The molecule has 0 radical (unpaired) electrons. The number of hydrogen-bond donors (Lipinski definition) is 3. The molecule has 0 aliphatic rings. The predicted molar refractivity (Wildman–Crippen MR) is 104 cm³/mol. The zero-order valence-electron chi connectivity index (χ0n) is 13.5. The van der Waals surface area contributed by atoms with E-state index in [1.807, 2.05) is 25.1 Å². The van der Waals surface area contributed by atoms with Gasteiger partial charge in [-0.3, -0.25) is 0 Å². The Morgan fingerprint density at radius 3 is 2.83 bits per heavy atom. The Bertz CT molecular complexity index is 763. The summed E-state index contributed by atoms with van der Waals surface area (Å²) >= 11 is 3.33. The summed E-state index contributed by atoms with van der Waals surface area (Å²) in [7, 11) is 0. The van der Waals surface area contributed by atoms with Gasteiger partial charge in [0.05, 0.1) is 6.54 Å². The Balaban J connectivity index is 1.61. The van der Waals surface area contributed by atoms with Crippen LogP contribution in [0.2, 0.25) is 0 Å². The van der Waals surface area contributed by atoms with E-state index in [0.29, 0.717) is 13.1 Å². The minimum atomic E-state index is -0.548. The van der Waals surface area contributed by atoms with Gasteiger partial charge < -0.3 is 15.7 Å². The van der Waals surface area contributed by atoms with Gasteiger partial charge in [-0.1, -0.05) is 24.3 Å². The number of thiophene rings is 2. The van der Waals surface area contributed by atoms with E-state index >= 15 is 0 Å². The van der Waals surface area contributed by atoms with Crippen LogP contribution in [0, 0.1) is 0 Å². The number of aliphatic imine (C=N–C) groups is 1. The first-order valence-corrected chi connectivity index (χ1v) is 9.67. The van der Waals surface area contributed by atoms with Crippen molar-refractivity contribution in [2.75, 3.05) is 13.1 Å². The standard InChI is InChI=1S/C18H21N3OS2/c1-2-19-18(20-11-14-7-5-9-23-14)21-12-15(22)17-10-13-6-3-4-8-16(13)24-17/h3-10,15,22H,2,11-12H2,1H3,(H2,19,20,21).